The highest BCUT2D eigenvalue weighted by atomic mass is 32.1. The third kappa shape index (κ3) is 6.10. The Labute approximate surface area is 161 Å². The second-order valence-corrected chi connectivity index (χ2v) is 6.31. The first-order chi connectivity index (χ1) is 13.0. The fourth-order valence-corrected chi connectivity index (χ4v) is 2.88. The van der Waals surface area contributed by atoms with Crippen LogP contribution in [-0.2, 0) is 9.53 Å². The van der Waals surface area contributed by atoms with Crippen LogP contribution in [0.3, 0.4) is 0 Å². The van der Waals surface area contributed by atoms with E-state index in [0.717, 1.165) is 0 Å². The van der Waals surface area contributed by atoms with Crippen molar-refractivity contribution in [2.75, 3.05) is 27.4 Å². The number of ketones is 1. The van der Waals surface area contributed by atoms with Crippen LogP contribution in [0.25, 0.3) is 0 Å². The van der Waals surface area contributed by atoms with E-state index in [1.807, 2.05) is 5.38 Å². The Morgan fingerprint density at radius 1 is 1.04 bits per heavy atom. The Balaban J connectivity index is 1.70. The van der Waals surface area contributed by atoms with Gasteiger partial charge in [0.1, 0.15) is 0 Å². The molecule has 1 amide bonds. The van der Waals surface area contributed by atoms with E-state index < -0.39 is 5.97 Å². The van der Waals surface area contributed by atoms with E-state index >= 15 is 0 Å². The Morgan fingerprint density at radius 3 is 2.48 bits per heavy atom. The Morgan fingerprint density at radius 2 is 1.81 bits per heavy atom. The quantitative estimate of drug-likeness (QED) is 0.380. The van der Waals surface area contributed by atoms with Crippen molar-refractivity contribution in [1.82, 2.24) is 5.32 Å². The number of rotatable bonds is 10. The molecule has 144 valence electrons. The number of hydrogen-bond donors (Lipinski definition) is 1. The molecule has 0 unspecified atom stereocenters. The molecule has 0 spiro atoms. The lowest BCUT2D eigenvalue weighted by Crippen LogP contribution is -2.24. The van der Waals surface area contributed by atoms with Crippen LogP contribution in [0.1, 0.15) is 33.6 Å². The number of thiophene rings is 1. The van der Waals surface area contributed by atoms with Gasteiger partial charge in [-0.1, -0.05) is 0 Å². The molecule has 1 aromatic carbocycles. The van der Waals surface area contributed by atoms with Gasteiger partial charge in [0.05, 0.1) is 14.2 Å². The standard InChI is InChI=1S/C19H21NO6S/c1-24-16-6-5-13(10-17(16)25-2)15(21)11-26-18(22)4-3-8-20-19(23)14-7-9-27-12-14/h5-7,9-10,12H,3-4,8,11H2,1-2H3,(H,20,23). The largest absolute Gasteiger partial charge is 0.493 e. The molecular formula is C19H21NO6S. The van der Waals surface area contributed by atoms with E-state index in [0.29, 0.717) is 35.6 Å². The summed E-state index contributed by atoms with van der Waals surface area (Å²) in [6, 6.07) is 6.46. The zero-order chi connectivity index (χ0) is 19.6. The van der Waals surface area contributed by atoms with Crippen molar-refractivity contribution >= 4 is 29.0 Å². The lowest BCUT2D eigenvalue weighted by atomic mass is 10.1. The van der Waals surface area contributed by atoms with Crippen LogP contribution in [0, 0.1) is 0 Å². The van der Waals surface area contributed by atoms with Gasteiger partial charge in [-0.2, -0.15) is 11.3 Å². The molecule has 0 radical (unpaired) electrons. The van der Waals surface area contributed by atoms with Crippen molar-refractivity contribution in [1.29, 1.82) is 0 Å². The number of hydrogen-bond acceptors (Lipinski definition) is 7. The van der Waals surface area contributed by atoms with E-state index in [2.05, 4.69) is 5.32 Å². The van der Waals surface area contributed by atoms with Gasteiger partial charge < -0.3 is 19.5 Å². The number of ether oxygens (including phenoxy) is 3. The average Bonchev–Trinajstić information content (AvgIpc) is 3.23. The van der Waals surface area contributed by atoms with E-state index in [4.69, 9.17) is 14.2 Å². The normalized spacial score (nSPS) is 10.1. The second-order valence-electron chi connectivity index (χ2n) is 5.53. The summed E-state index contributed by atoms with van der Waals surface area (Å²) in [6.45, 7) is 0.00296. The molecule has 2 rings (SSSR count). The first-order valence-corrected chi connectivity index (χ1v) is 9.20. The summed E-state index contributed by atoms with van der Waals surface area (Å²) in [5.41, 5.74) is 0.964. The van der Waals surface area contributed by atoms with Crippen molar-refractivity contribution in [3.05, 3.63) is 46.2 Å². The smallest absolute Gasteiger partial charge is 0.306 e. The minimum Gasteiger partial charge on any atom is -0.493 e. The molecule has 0 aliphatic heterocycles. The van der Waals surface area contributed by atoms with E-state index in [1.165, 1.54) is 31.6 Å². The summed E-state index contributed by atoms with van der Waals surface area (Å²) in [4.78, 5) is 35.6. The van der Waals surface area contributed by atoms with Gasteiger partial charge in [0, 0.05) is 29.5 Å². The average molecular weight is 391 g/mol. The van der Waals surface area contributed by atoms with Crippen LogP contribution in [0.15, 0.2) is 35.0 Å². The number of esters is 1. The summed E-state index contributed by atoms with van der Waals surface area (Å²) in [5, 5.41) is 6.30. The SMILES string of the molecule is COc1ccc(C(=O)COC(=O)CCCNC(=O)c2ccsc2)cc1OC. The third-order valence-electron chi connectivity index (χ3n) is 3.70. The molecule has 27 heavy (non-hydrogen) atoms. The lowest BCUT2D eigenvalue weighted by molar-refractivity contribution is -0.142. The maximum atomic E-state index is 12.1. The van der Waals surface area contributed by atoms with Crippen LogP contribution < -0.4 is 14.8 Å². The first-order valence-electron chi connectivity index (χ1n) is 8.26. The predicted octanol–water partition coefficient (Wildman–Crippen LogP) is 2.70. The lowest BCUT2D eigenvalue weighted by Gasteiger charge is -2.09. The van der Waals surface area contributed by atoms with Crippen LogP contribution >= 0.6 is 11.3 Å². The summed E-state index contributed by atoms with van der Waals surface area (Å²) in [5.74, 6) is -0.0662. The molecule has 8 heteroatoms. The zero-order valence-electron chi connectivity index (χ0n) is 15.2. The second kappa shape index (κ2) is 10.3. The topological polar surface area (TPSA) is 90.9 Å². The first kappa shape index (κ1) is 20.4. The maximum Gasteiger partial charge on any atom is 0.306 e. The van der Waals surface area contributed by atoms with Crippen LogP contribution in [0.2, 0.25) is 0 Å². The van der Waals surface area contributed by atoms with Gasteiger partial charge in [-0.15, -0.1) is 0 Å². The van der Waals surface area contributed by atoms with Gasteiger partial charge in [-0.3, -0.25) is 14.4 Å². The number of benzene rings is 1. The Bertz CT molecular complexity index is 788. The molecule has 1 heterocycles. The number of carbonyl (C=O) groups is 3. The van der Waals surface area contributed by atoms with Crippen molar-refractivity contribution in [2.45, 2.75) is 12.8 Å². The summed E-state index contributed by atoms with van der Waals surface area (Å²) < 4.78 is 15.3. The van der Waals surface area contributed by atoms with Gasteiger partial charge in [0.25, 0.3) is 5.91 Å². The van der Waals surface area contributed by atoms with Gasteiger partial charge in [0.2, 0.25) is 0 Å². The Hall–Kier alpha value is -2.87. The van der Waals surface area contributed by atoms with Crippen LogP contribution in [-0.4, -0.2) is 45.0 Å². The predicted molar refractivity (Wildman–Crippen MR) is 101 cm³/mol. The maximum absolute atomic E-state index is 12.1. The molecular weight excluding hydrogens is 370 g/mol. The van der Waals surface area contributed by atoms with Crippen LogP contribution in [0.4, 0.5) is 0 Å². The van der Waals surface area contributed by atoms with Crippen molar-refractivity contribution in [3.63, 3.8) is 0 Å². The fourth-order valence-electron chi connectivity index (χ4n) is 2.24. The van der Waals surface area contributed by atoms with Gasteiger partial charge in [-0.25, -0.2) is 0 Å². The Kier molecular flexibility index (Phi) is 7.81. The van der Waals surface area contributed by atoms with Crippen molar-refractivity contribution < 1.29 is 28.6 Å². The molecule has 0 saturated heterocycles. The summed E-state index contributed by atoms with van der Waals surface area (Å²) >= 11 is 1.44. The zero-order valence-corrected chi connectivity index (χ0v) is 16.0. The highest BCUT2D eigenvalue weighted by Crippen LogP contribution is 2.27. The van der Waals surface area contributed by atoms with Crippen LogP contribution in [0.5, 0.6) is 11.5 Å². The highest BCUT2D eigenvalue weighted by Gasteiger charge is 2.13. The minimum absolute atomic E-state index is 0.114. The van der Waals surface area contributed by atoms with Gasteiger partial charge in [-0.05, 0) is 36.1 Å². The number of nitrogens with one attached hydrogen (secondary N) is 1. The monoisotopic (exact) mass is 391 g/mol. The molecule has 2 aromatic rings. The van der Waals surface area contributed by atoms with Crippen molar-refractivity contribution in [2.24, 2.45) is 0 Å². The number of methoxy groups -OCH3 is 2. The molecule has 1 N–H and O–H groups in total. The molecule has 0 aliphatic rings. The van der Waals surface area contributed by atoms with Gasteiger partial charge >= 0.3 is 5.97 Å². The van der Waals surface area contributed by atoms with Crippen molar-refractivity contribution in [3.8, 4) is 11.5 Å². The molecule has 7 nitrogen and oxygen atoms in total. The summed E-state index contributed by atoms with van der Waals surface area (Å²) in [7, 11) is 2.98. The molecule has 0 saturated carbocycles. The number of Topliss-reactive ketones (excluding diaryl/α,β-unsaturated/α-hetero) is 1. The molecule has 0 atom stereocenters. The fraction of sp³-hybridized carbons (Fsp3) is 0.316. The molecule has 0 aliphatic carbocycles. The summed E-state index contributed by atoms with van der Waals surface area (Å²) in [6.07, 6.45) is 0.544. The van der Waals surface area contributed by atoms with Gasteiger partial charge in [0.15, 0.2) is 23.9 Å². The highest BCUT2D eigenvalue weighted by molar-refractivity contribution is 7.08. The molecule has 0 fully saturated rings. The van der Waals surface area contributed by atoms with E-state index in [1.54, 1.807) is 23.6 Å². The van der Waals surface area contributed by atoms with E-state index in [-0.39, 0.29) is 24.7 Å². The van der Waals surface area contributed by atoms with E-state index in [9.17, 15) is 14.4 Å². The molecule has 0 bridgehead atoms. The third-order valence-corrected chi connectivity index (χ3v) is 4.38. The number of amides is 1. The molecule has 1 aromatic heterocycles. The minimum atomic E-state index is -0.492. The number of carbonyl (C=O) groups excluding carboxylic acids is 3.